The van der Waals surface area contributed by atoms with Crippen LogP contribution in [0.25, 0.3) is 0 Å². The fraction of sp³-hybridized carbons (Fsp3) is 0.235. The third-order valence-corrected chi connectivity index (χ3v) is 4.32. The largest absolute Gasteiger partial charge is 0.481 e. The predicted octanol–water partition coefficient (Wildman–Crippen LogP) is 4.38. The molecule has 0 bridgehead atoms. The van der Waals surface area contributed by atoms with Gasteiger partial charge in [-0.3, -0.25) is 19.8 Å². The molecule has 0 aliphatic heterocycles. The fourth-order valence-electron chi connectivity index (χ4n) is 2.35. The summed E-state index contributed by atoms with van der Waals surface area (Å²) in [5, 5.41) is 20.5. The maximum atomic E-state index is 10.9. The Hall–Kier alpha value is -2.15. The highest BCUT2D eigenvalue weighted by Gasteiger charge is 2.12. The quantitative estimate of drug-likeness (QED) is 0.540. The molecular formula is C17H16Cl2N2O4. The second kappa shape index (κ2) is 8.80. The van der Waals surface area contributed by atoms with Crippen LogP contribution in [0.15, 0.2) is 42.5 Å². The molecule has 6 nitrogen and oxygen atoms in total. The molecule has 0 heterocycles. The first kappa shape index (κ1) is 19.2. The lowest BCUT2D eigenvalue weighted by molar-refractivity contribution is -0.384. The zero-order chi connectivity index (χ0) is 18.4. The van der Waals surface area contributed by atoms with E-state index in [0.29, 0.717) is 29.7 Å². The number of benzene rings is 2. The predicted molar refractivity (Wildman–Crippen MR) is 95.9 cm³/mol. The number of nitro benzene ring substituents is 1. The van der Waals surface area contributed by atoms with Crippen LogP contribution >= 0.6 is 23.2 Å². The third kappa shape index (κ3) is 6.01. The van der Waals surface area contributed by atoms with Crippen molar-refractivity contribution in [3.63, 3.8) is 0 Å². The molecule has 0 fully saturated rings. The molecule has 0 saturated carbocycles. The first-order valence-electron chi connectivity index (χ1n) is 7.46. The number of hydrogen-bond donors (Lipinski definition) is 1. The molecule has 0 spiro atoms. The first-order valence-corrected chi connectivity index (χ1v) is 8.22. The Balaban J connectivity index is 2.12. The van der Waals surface area contributed by atoms with E-state index in [4.69, 9.17) is 28.3 Å². The van der Waals surface area contributed by atoms with Gasteiger partial charge in [0.05, 0.1) is 21.4 Å². The van der Waals surface area contributed by atoms with Gasteiger partial charge < -0.3 is 5.11 Å². The van der Waals surface area contributed by atoms with Crippen molar-refractivity contribution in [2.24, 2.45) is 0 Å². The van der Waals surface area contributed by atoms with Crippen LogP contribution in [0.4, 0.5) is 5.69 Å². The lowest BCUT2D eigenvalue weighted by Gasteiger charge is -2.22. The van der Waals surface area contributed by atoms with Gasteiger partial charge in [-0.15, -0.1) is 0 Å². The summed E-state index contributed by atoms with van der Waals surface area (Å²) in [6.07, 6.45) is -0.00565. The van der Waals surface area contributed by atoms with Gasteiger partial charge in [0, 0.05) is 31.8 Å². The van der Waals surface area contributed by atoms with E-state index in [1.807, 2.05) is 11.0 Å². The molecule has 2 aromatic rings. The van der Waals surface area contributed by atoms with Crippen molar-refractivity contribution >= 4 is 34.9 Å². The Kier molecular flexibility index (Phi) is 6.75. The number of rotatable bonds is 8. The minimum Gasteiger partial charge on any atom is -0.481 e. The molecule has 1 N–H and O–H groups in total. The van der Waals surface area contributed by atoms with Gasteiger partial charge in [0.15, 0.2) is 0 Å². The second-order valence-electron chi connectivity index (χ2n) is 5.53. The average molecular weight is 383 g/mol. The molecule has 0 saturated heterocycles. The number of halogens is 2. The van der Waals surface area contributed by atoms with Crippen molar-refractivity contribution in [1.29, 1.82) is 0 Å². The molecule has 0 unspecified atom stereocenters. The maximum absolute atomic E-state index is 10.9. The van der Waals surface area contributed by atoms with Gasteiger partial charge in [-0.05, 0) is 23.3 Å². The van der Waals surface area contributed by atoms with Gasteiger partial charge in [-0.2, -0.15) is 0 Å². The molecule has 0 atom stereocenters. The standard InChI is InChI=1S/C17H16Cl2N2O4/c18-15-6-3-13(9-16(15)19)11-20(8-7-17(22)23)10-12-1-4-14(5-2-12)21(24)25/h1-6,9H,7-8,10-11H2,(H,22,23). The zero-order valence-corrected chi connectivity index (χ0v) is 14.7. The molecule has 0 amide bonds. The smallest absolute Gasteiger partial charge is 0.304 e. The molecule has 0 aliphatic rings. The molecule has 2 rings (SSSR count). The van der Waals surface area contributed by atoms with Crippen LogP contribution in [-0.2, 0) is 17.9 Å². The first-order chi connectivity index (χ1) is 11.8. The number of non-ortho nitro benzene ring substituents is 1. The van der Waals surface area contributed by atoms with Gasteiger partial charge in [0.2, 0.25) is 0 Å². The van der Waals surface area contributed by atoms with Crippen molar-refractivity contribution in [2.75, 3.05) is 6.54 Å². The summed E-state index contributed by atoms with van der Waals surface area (Å²) in [4.78, 5) is 23.1. The number of nitrogens with zero attached hydrogens (tertiary/aromatic N) is 2. The molecule has 0 aliphatic carbocycles. The molecule has 2 aromatic carbocycles. The molecule has 132 valence electrons. The molecule has 0 radical (unpaired) electrons. The van der Waals surface area contributed by atoms with E-state index in [9.17, 15) is 14.9 Å². The monoisotopic (exact) mass is 382 g/mol. The van der Waals surface area contributed by atoms with Crippen LogP contribution in [0.5, 0.6) is 0 Å². The minimum absolute atomic E-state index is 0.00565. The molecule has 8 heteroatoms. The lowest BCUT2D eigenvalue weighted by atomic mass is 10.1. The molecule has 25 heavy (non-hydrogen) atoms. The van der Waals surface area contributed by atoms with E-state index in [1.165, 1.54) is 12.1 Å². The van der Waals surface area contributed by atoms with Gasteiger partial charge >= 0.3 is 5.97 Å². The number of carboxylic acid groups (broad SMARTS) is 1. The average Bonchev–Trinajstić information content (AvgIpc) is 2.56. The van der Waals surface area contributed by atoms with E-state index in [-0.39, 0.29) is 12.1 Å². The zero-order valence-electron chi connectivity index (χ0n) is 13.2. The van der Waals surface area contributed by atoms with E-state index < -0.39 is 10.9 Å². The summed E-state index contributed by atoms with van der Waals surface area (Å²) in [5.74, 6) is -0.886. The van der Waals surface area contributed by atoms with Gasteiger partial charge in [0.1, 0.15) is 0 Å². The summed E-state index contributed by atoms with van der Waals surface area (Å²) in [5.41, 5.74) is 1.78. The van der Waals surface area contributed by atoms with Gasteiger partial charge in [-0.1, -0.05) is 41.4 Å². The van der Waals surface area contributed by atoms with Gasteiger partial charge in [0.25, 0.3) is 5.69 Å². The van der Waals surface area contributed by atoms with Gasteiger partial charge in [-0.25, -0.2) is 0 Å². The van der Waals surface area contributed by atoms with E-state index in [0.717, 1.165) is 11.1 Å². The Morgan fingerprint density at radius 3 is 2.20 bits per heavy atom. The van der Waals surface area contributed by atoms with E-state index in [1.54, 1.807) is 24.3 Å². The Bertz CT molecular complexity index is 766. The number of carboxylic acids is 1. The van der Waals surface area contributed by atoms with E-state index >= 15 is 0 Å². The Morgan fingerprint density at radius 1 is 1.04 bits per heavy atom. The topological polar surface area (TPSA) is 83.7 Å². The van der Waals surface area contributed by atoms with Crippen molar-refractivity contribution in [3.05, 3.63) is 73.8 Å². The Labute approximate surface area is 154 Å². The van der Waals surface area contributed by atoms with Crippen LogP contribution in [0.1, 0.15) is 17.5 Å². The Morgan fingerprint density at radius 2 is 1.64 bits per heavy atom. The van der Waals surface area contributed by atoms with Crippen molar-refractivity contribution in [3.8, 4) is 0 Å². The molecular weight excluding hydrogens is 367 g/mol. The summed E-state index contributed by atoms with van der Waals surface area (Å²) < 4.78 is 0. The van der Waals surface area contributed by atoms with Crippen molar-refractivity contribution < 1.29 is 14.8 Å². The van der Waals surface area contributed by atoms with Crippen LogP contribution in [0.3, 0.4) is 0 Å². The highest BCUT2D eigenvalue weighted by molar-refractivity contribution is 6.42. The number of hydrogen-bond acceptors (Lipinski definition) is 4. The van der Waals surface area contributed by atoms with Crippen molar-refractivity contribution in [1.82, 2.24) is 4.90 Å². The normalized spacial score (nSPS) is 10.8. The third-order valence-electron chi connectivity index (χ3n) is 3.59. The highest BCUT2D eigenvalue weighted by atomic mass is 35.5. The van der Waals surface area contributed by atoms with Crippen LogP contribution in [0.2, 0.25) is 10.0 Å². The lowest BCUT2D eigenvalue weighted by Crippen LogP contribution is -2.25. The number of aliphatic carboxylic acids is 1. The summed E-state index contributed by atoms with van der Waals surface area (Å²) >= 11 is 11.9. The minimum atomic E-state index is -0.886. The van der Waals surface area contributed by atoms with Crippen LogP contribution in [0, 0.1) is 10.1 Å². The summed E-state index contributed by atoms with van der Waals surface area (Å²) in [6.45, 7) is 1.29. The maximum Gasteiger partial charge on any atom is 0.304 e. The highest BCUT2D eigenvalue weighted by Crippen LogP contribution is 2.24. The van der Waals surface area contributed by atoms with Crippen LogP contribution in [-0.4, -0.2) is 27.4 Å². The summed E-state index contributed by atoms with van der Waals surface area (Å²) in [6, 6.07) is 11.5. The summed E-state index contributed by atoms with van der Waals surface area (Å²) in [7, 11) is 0. The number of nitro groups is 1. The number of carbonyl (C=O) groups is 1. The van der Waals surface area contributed by atoms with E-state index in [2.05, 4.69) is 0 Å². The van der Waals surface area contributed by atoms with Crippen molar-refractivity contribution in [2.45, 2.75) is 19.5 Å². The second-order valence-corrected chi connectivity index (χ2v) is 6.34. The molecule has 0 aromatic heterocycles. The fourth-order valence-corrected chi connectivity index (χ4v) is 2.67. The SMILES string of the molecule is O=C(O)CCN(Cc1ccc([N+](=O)[O-])cc1)Cc1ccc(Cl)c(Cl)c1. The van der Waals surface area contributed by atoms with Crippen LogP contribution < -0.4 is 0 Å².